The van der Waals surface area contributed by atoms with Gasteiger partial charge in [-0.05, 0) is 24.6 Å². The molecular formula is C32H24N2. The molecule has 34 heavy (non-hydrogen) atoms. The maximum atomic E-state index is 5.18. The summed E-state index contributed by atoms with van der Waals surface area (Å²) in [5.41, 5.74) is 8.53. The van der Waals surface area contributed by atoms with E-state index in [9.17, 15) is 0 Å². The molecule has 2 heteroatoms. The van der Waals surface area contributed by atoms with Gasteiger partial charge in [0.25, 0.3) is 0 Å². The van der Waals surface area contributed by atoms with Crippen molar-refractivity contribution in [3.8, 4) is 33.6 Å². The van der Waals surface area contributed by atoms with Gasteiger partial charge in [0.15, 0.2) is 0 Å². The van der Waals surface area contributed by atoms with E-state index in [0.717, 1.165) is 45.0 Å². The number of pyridine rings is 2. The molecule has 162 valence electrons. The van der Waals surface area contributed by atoms with Crippen LogP contribution in [0, 0.1) is 13.8 Å². The summed E-state index contributed by atoms with van der Waals surface area (Å²) in [6.45, 7) is 4.20. The van der Waals surface area contributed by atoms with Crippen LogP contribution in [0.15, 0.2) is 109 Å². The van der Waals surface area contributed by atoms with E-state index in [0.29, 0.717) is 0 Å². The summed E-state index contributed by atoms with van der Waals surface area (Å²) in [6, 6.07) is 38.2. The largest absolute Gasteiger partial charge is 0.252 e. The number of rotatable bonds is 3. The van der Waals surface area contributed by atoms with Crippen molar-refractivity contribution in [2.45, 2.75) is 13.8 Å². The number of hydrogen-bond acceptors (Lipinski definition) is 2. The second-order valence-electron chi connectivity index (χ2n) is 8.66. The number of benzene rings is 4. The Morgan fingerprint density at radius 1 is 0.382 bits per heavy atom. The van der Waals surface area contributed by atoms with Gasteiger partial charge in [0.1, 0.15) is 0 Å². The van der Waals surface area contributed by atoms with E-state index in [1.54, 1.807) is 0 Å². The Balaban J connectivity index is 1.86. The van der Waals surface area contributed by atoms with Gasteiger partial charge in [-0.25, -0.2) is 0 Å². The Bertz CT molecular complexity index is 1530. The monoisotopic (exact) mass is 436 g/mol. The summed E-state index contributed by atoms with van der Waals surface area (Å²) in [6.07, 6.45) is 0. The van der Waals surface area contributed by atoms with Crippen LogP contribution >= 0.6 is 0 Å². The van der Waals surface area contributed by atoms with Crippen LogP contribution in [0.2, 0.25) is 0 Å². The smallest absolute Gasteiger partial charge is 0.0791 e. The molecule has 0 fully saturated rings. The zero-order valence-electron chi connectivity index (χ0n) is 19.3. The summed E-state index contributed by atoms with van der Waals surface area (Å²) < 4.78 is 0. The van der Waals surface area contributed by atoms with Gasteiger partial charge in [-0.2, -0.15) is 0 Å². The Labute approximate surface area is 199 Å². The van der Waals surface area contributed by atoms with E-state index in [2.05, 4.69) is 123 Å². The first-order chi connectivity index (χ1) is 16.7. The van der Waals surface area contributed by atoms with Gasteiger partial charge in [-0.15, -0.1) is 0 Å². The van der Waals surface area contributed by atoms with Crippen LogP contribution in [-0.2, 0) is 0 Å². The molecule has 0 aliphatic carbocycles. The summed E-state index contributed by atoms with van der Waals surface area (Å²) in [7, 11) is 0. The molecule has 0 bridgehead atoms. The zero-order chi connectivity index (χ0) is 23.1. The lowest BCUT2D eigenvalue weighted by Gasteiger charge is -2.20. The third-order valence-electron chi connectivity index (χ3n) is 6.55. The highest BCUT2D eigenvalue weighted by molar-refractivity contribution is 6.14. The predicted molar refractivity (Wildman–Crippen MR) is 143 cm³/mol. The van der Waals surface area contributed by atoms with Crippen LogP contribution in [-0.4, -0.2) is 9.97 Å². The summed E-state index contributed by atoms with van der Waals surface area (Å²) in [4.78, 5) is 10.4. The lowest BCUT2D eigenvalue weighted by molar-refractivity contribution is 1.22. The van der Waals surface area contributed by atoms with Crippen LogP contribution in [0.4, 0.5) is 0 Å². The fraction of sp³-hybridized carbons (Fsp3) is 0.0625. The molecule has 0 saturated heterocycles. The highest BCUT2D eigenvalue weighted by Crippen LogP contribution is 2.45. The molecule has 0 saturated carbocycles. The molecule has 4 aromatic carbocycles. The van der Waals surface area contributed by atoms with Crippen LogP contribution in [0.5, 0.6) is 0 Å². The molecule has 0 atom stereocenters. The summed E-state index contributed by atoms with van der Waals surface area (Å²) in [5, 5.41) is 4.73. The second-order valence-corrected chi connectivity index (χ2v) is 8.66. The van der Waals surface area contributed by atoms with Crippen LogP contribution in [0.3, 0.4) is 0 Å². The molecule has 0 amide bonds. The van der Waals surface area contributed by atoms with E-state index in [4.69, 9.17) is 9.97 Å². The average molecular weight is 437 g/mol. The molecule has 2 heterocycles. The lowest BCUT2D eigenvalue weighted by atomic mass is 9.87. The number of fused-ring (bicyclic) bond motifs is 2. The Morgan fingerprint density at radius 3 is 1.09 bits per heavy atom. The maximum absolute atomic E-state index is 5.18. The van der Waals surface area contributed by atoms with Gasteiger partial charge in [-0.3, -0.25) is 9.97 Å². The summed E-state index contributed by atoms with van der Waals surface area (Å²) in [5.74, 6) is 0. The molecule has 0 aliphatic heterocycles. The first-order valence-corrected chi connectivity index (χ1v) is 11.6. The van der Waals surface area contributed by atoms with Crippen molar-refractivity contribution in [2.24, 2.45) is 0 Å². The second kappa shape index (κ2) is 8.24. The van der Waals surface area contributed by atoms with Gasteiger partial charge < -0.3 is 0 Å². The van der Waals surface area contributed by atoms with Crippen molar-refractivity contribution in [1.29, 1.82) is 0 Å². The SMILES string of the molecule is Cc1nc(-c2ccccc2)c(-c2c(-c3ccccc3)nc(C)c3ccccc23)c2ccccc12. The molecule has 0 radical (unpaired) electrons. The highest BCUT2D eigenvalue weighted by Gasteiger charge is 2.22. The van der Waals surface area contributed by atoms with Crippen molar-refractivity contribution >= 4 is 21.5 Å². The van der Waals surface area contributed by atoms with E-state index < -0.39 is 0 Å². The van der Waals surface area contributed by atoms with E-state index in [1.807, 2.05) is 0 Å². The van der Waals surface area contributed by atoms with Gasteiger partial charge in [0.2, 0.25) is 0 Å². The minimum atomic E-state index is 0.991. The third-order valence-corrected chi connectivity index (χ3v) is 6.55. The van der Waals surface area contributed by atoms with Gasteiger partial charge in [0.05, 0.1) is 11.4 Å². The van der Waals surface area contributed by atoms with Crippen LogP contribution < -0.4 is 0 Å². The van der Waals surface area contributed by atoms with Crippen molar-refractivity contribution < 1.29 is 0 Å². The number of aromatic nitrogens is 2. The molecule has 2 aromatic heterocycles. The van der Waals surface area contributed by atoms with E-state index >= 15 is 0 Å². The lowest BCUT2D eigenvalue weighted by Crippen LogP contribution is -2.00. The predicted octanol–water partition coefficient (Wildman–Crippen LogP) is 8.40. The Morgan fingerprint density at radius 2 is 0.706 bits per heavy atom. The van der Waals surface area contributed by atoms with Gasteiger partial charge >= 0.3 is 0 Å². The quantitative estimate of drug-likeness (QED) is 0.278. The van der Waals surface area contributed by atoms with E-state index in [1.165, 1.54) is 21.5 Å². The fourth-order valence-corrected chi connectivity index (χ4v) is 4.97. The molecular weight excluding hydrogens is 412 g/mol. The molecule has 6 aromatic rings. The van der Waals surface area contributed by atoms with Crippen molar-refractivity contribution in [3.05, 3.63) is 121 Å². The fourth-order valence-electron chi connectivity index (χ4n) is 4.97. The number of aryl methyl sites for hydroxylation is 2. The zero-order valence-corrected chi connectivity index (χ0v) is 19.3. The highest BCUT2D eigenvalue weighted by atomic mass is 14.7. The van der Waals surface area contributed by atoms with E-state index in [-0.39, 0.29) is 0 Å². The maximum Gasteiger partial charge on any atom is 0.0791 e. The third kappa shape index (κ3) is 3.27. The molecule has 0 aliphatic rings. The number of nitrogens with zero attached hydrogens (tertiary/aromatic N) is 2. The minimum Gasteiger partial charge on any atom is -0.252 e. The molecule has 0 spiro atoms. The van der Waals surface area contributed by atoms with Crippen LogP contribution in [0.25, 0.3) is 55.2 Å². The standard InChI is InChI=1S/C32H24N2/c1-21-25-17-9-11-19-27(25)29(31(33-21)23-13-5-3-6-14-23)30-28-20-12-10-18-26(28)22(2)34-32(30)24-15-7-4-8-16-24/h3-20H,1-2H3. The Kier molecular flexibility index (Phi) is 4.92. The van der Waals surface area contributed by atoms with Crippen molar-refractivity contribution in [1.82, 2.24) is 9.97 Å². The molecule has 2 nitrogen and oxygen atoms in total. The molecule has 6 rings (SSSR count). The Hall–Kier alpha value is -4.30. The van der Waals surface area contributed by atoms with Gasteiger partial charge in [-0.1, -0.05) is 109 Å². The van der Waals surface area contributed by atoms with Gasteiger partial charge in [0, 0.05) is 44.4 Å². The van der Waals surface area contributed by atoms with Crippen molar-refractivity contribution in [2.75, 3.05) is 0 Å². The summed E-state index contributed by atoms with van der Waals surface area (Å²) >= 11 is 0. The topological polar surface area (TPSA) is 25.8 Å². The number of hydrogen-bond donors (Lipinski definition) is 0. The molecule has 0 N–H and O–H groups in total. The normalized spacial score (nSPS) is 11.2. The minimum absolute atomic E-state index is 0.991. The van der Waals surface area contributed by atoms with Crippen molar-refractivity contribution in [3.63, 3.8) is 0 Å². The first-order valence-electron chi connectivity index (χ1n) is 11.6. The van der Waals surface area contributed by atoms with Crippen LogP contribution in [0.1, 0.15) is 11.4 Å². The molecule has 0 unspecified atom stereocenters. The first kappa shape index (κ1) is 20.3. The average Bonchev–Trinajstić information content (AvgIpc) is 2.90.